The van der Waals surface area contributed by atoms with E-state index in [9.17, 15) is 9.59 Å². The van der Waals surface area contributed by atoms with Crippen molar-refractivity contribution in [2.45, 2.75) is 97.9 Å². The van der Waals surface area contributed by atoms with E-state index in [1.807, 2.05) is 27.7 Å². The number of ether oxygens (including phenoxy) is 2. The standard InChI is InChI=1S/C18H34O4/c1-7-11-17(5,13-15(19)9-3)22-18(6,12-8-2)21-14-16(20)10-4/h7-14H2,1-6H3. The van der Waals surface area contributed by atoms with Crippen LogP contribution >= 0.6 is 0 Å². The molecule has 0 fully saturated rings. The summed E-state index contributed by atoms with van der Waals surface area (Å²) in [6.45, 7) is 11.8. The minimum absolute atomic E-state index is 0.0627. The van der Waals surface area contributed by atoms with Gasteiger partial charge in [0.15, 0.2) is 11.6 Å². The number of carbonyl (C=O) groups excluding carboxylic acids is 2. The van der Waals surface area contributed by atoms with Crippen molar-refractivity contribution >= 4 is 11.6 Å². The fourth-order valence-corrected chi connectivity index (χ4v) is 2.71. The molecule has 0 aliphatic rings. The Morgan fingerprint density at radius 1 is 0.864 bits per heavy atom. The molecule has 0 N–H and O–H groups in total. The molecule has 0 aromatic rings. The molecule has 0 amide bonds. The topological polar surface area (TPSA) is 52.6 Å². The minimum Gasteiger partial charge on any atom is -0.344 e. The first-order valence-electron chi connectivity index (χ1n) is 8.61. The lowest BCUT2D eigenvalue weighted by molar-refractivity contribution is -0.278. The van der Waals surface area contributed by atoms with E-state index in [1.54, 1.807) is 0 Å². The molecular formula is C18H34O4. The van der Waals surface area contributed by atoms with E-state index < -0.39 is 11.4 Å². The van der Waals surface area contributed by atoms with Crippen LogP contribution in [-0.4, -0.2) is 29.6 Å². The third-order valence-electron chi connectivity index (χ3n) is 3.84. The maximum absolute atomic E-state index is 11.9. The van der Waals surface area contributed by atoms with E-state index in [2.05, 4.69) is 13.8 Å². The van der Waals surface area contributed by atoms with E-state index in [4.69, 9.17) is 9.47 Å². The molecule has 0 aromatic heterocycles. The Kier molecular flexibility index (Phi) is 9.77. The molecule has 0 rings (SSSR count). The highest BCUT2D eigenvalue weighted by molar-refractivity contribution is 5.79. The lowest BCUT2D eigenvalue weighted by Gasteiger charge is -2.40. The van der Waals surface area contributed by atoms with Crippen LogP contribution in [0.15, 0.2) is 0 Å². The van der Waals surface area contributed by atoms with Crippen LogP contribution in [-0.2, 0) is 19.1 Å². The predicted molar refractivity (Wildman–Crippen MR) is 88.9 cm³/mol. The van der Waals surface area contributed by atoms with Gasteiger partial charge in [0.1, 0.15) is 12.4 Å². The van der Waals surface area contributed by atoms with Crippen LogP contribution in [0.1, 0.15) is 86.5 Å². The summed E-state index contributed by atoms with van der Waals surface area (Å²) in [5, 5.41) is 0. The molecule has 0 saturated carbocycles. The zero-order chi connectivity index (χ0) is 17.2. The summed E-state index contributed by atoms with van der Waals surface area (Å²) in [6, 6.07) is 0. The molecule has 2 unspecified atom stereocenters. The van der Waals surface area contributed by atoms with Crippen LogP contribution < -0.4 is 0 Å². The average molecular weight is 314 g/mol. The fourth-order valence-electron chi connectivity index (χ4n) is 2.71. The van der Waals surface area contributed by atoms with Crippen molar-refractivity contribution < 1.29 is 19.1 Å². The zero-order valence-corrected chi connectivity index (χ0v) is 15.3. The van der Waals surface area contributed by atoms with Gasteiger partial charge in [0.25, 0.3) is 0 Å². The number of ketones is 2. The normalized spacial score (nSPS) is 16.8. The first-order valence-corrected chi connectivity index (χ1v) is 8.61. The van der Waals surface area contributed by atoms with Gasteiger partial charge in [0.2, 0.25) is 0 Å². The van der Waals surface area contributed by atoms with Gasteiger partial charge in [0, 0.05) is 25.7 Å². The second kappa shape index (κ2) is 10.1. The second-order valence-electron chi connectivity index (χ2n) is 6.44. The van der Waals surface area contributed by atoms with Crippen molar-refractivity contribution in [2.24, 2.45) is 0 Å². The molecule has 0 saturated heterocycles. The third-order valence-corrected chi connectivity index (χ3v) is 3.84. The van der Waals surface area contributed by atoms with Gasteiger partial charge in [-0.3, -0.25) is 9.59 Å². The fraction of sp³-hybridized carbons (Fsp3) is 0.889. The summed E-state index contributed by atoms with van der Waals surface area (Å²) in [4.78, 5) is 23.4. The Balaban J connectivity index is 5.02. The maximum atomic E-state index is 11.9. The zero-order valence-electron chi connectivity index (χ0n) is 15.3. The van der Waals surface area contributed by atoms with Gasteiger partial charge in [-0.25, -0.2) is 0 Å². The lowest BCUT2D eigenvalue weighted by Crippen LogP contribution is -2.45. The summed E-state index contributed by atoms with van der Waals surface area (Å²) in [6.07, 6.45) is 4.68. The van der Waals surface area contributed by atoms with E-state index in [0.29, 0.717) is 25.7 Å². The molecule has 4 nitrogen and oxygen atoms in total. The van der Waals surface area contributed by atoms with Crippen molar-refractivity contribution in [2.75, 3.05) is 6.61 Å². The number of carbonyl (C=O) groups is 2. The van der Waals surface area contributed by atoms with Crippen LogP contribution in [0.2, 0.25) is 0 Å². The highest BCUT2D eigenvalue weighted by Crippen LogP contribution is 2.32. The van der Waals surface area contributed by atoms with Crippen molar-refractivity contribution in [1.29, 1.82) is 0 Å². The SMILES string of the molecule is CCCC(C)(CC(=O)CC)OC(C)(CCC)OCC(=O)CC. The number of hydrogen-bond donors (Lipinski definition) is 0. The van der Waals surface area contributed by atoms with Gasteiger partial charge >= 0.3 is 0 Å². The monoisotopic (exact) mass is 314 g/mol. The van der Waals surface area contributed by atoms with Gasteiger partial charge in [-0.1, -0.05) is 40.5 Å². The summed E-state index contributed by atoms with van der Waals surface area (Å²) < 4.78 is 12.1. The molecule has 0 radical (unpaired) electrons. The van der Waals surface area contributed by atoms with Crippen molar-refractivity contribution in [1.82, 2.24) is 0 Å². The van der Waals surface area contributed by atoms with Crippen LogP contribution in [0.4, 0.5) is 0 Å². The first kappa shape index (κ1) is 21.3. The van der Waals surface area contributed by atoms with Gasteiger partial charge in [-0.2, -0.15) is 0 Å². The Hall–Kier alpha value is -0.740. The van der Waals surface area contributed by atoms with E-state index >= 15 is 0 Å². The van der Waals surface area contributed by atoms with Crippen LogP contribution in [0, 0.1) is 0 Å². The Labute approximate surface area is 135 Å². The Morgan fingerprint density at radius 2 is 1.41 bits per heavy atom. The number of rotatable bonds is 13. The lowest BCUT2D eigenvalue weighted by atomic mass is 9.92. The van der Waals surface area contributed by atoms with Crippen molar-refractivity contribution in [3.05, 3.63) is 0 Å². The summed E-state index contributed by atoms with van der Waals surface area (Å²) in [5.41, 5.74) is -0.541. The van der Waals surface area contributed by atoms with E-state index in [0.717, 1.165) is 19.3 Å². The Bertz CT molecular complexity index is 353. The molecule has 4 heteroatoms. The van der Waals surface area contributed by atoms with Crippen molar-refractivity contribution in [3.63, 3.8) is 0 Å². The van der Waals surface area contributed by atoms with Crippen molar-refractivity contribution in [3.8, 4) is 0 Å². The molecule has 0 spiro atoms. The van der Waals surface area contributed by atoms with E-state index in [1.165, 1.54) is 0 Å². The molecular weight excluding hydrogens is 280 g/mol. The molecule has 0 aliphatic heterocycles. The van der Waals surface area contributed by atoms with Gasteiger partial charge in [0.05, 0.1) is 5.60 Å². The highest BCUT2D eigenvalue weighted by atomic mass is 16.7. The summed E-state index contributed by atoms with van der Waals surface area (Å²) >= 11 is 0. The maximum Gasteiger partial charge on any atom is 0.166 e. The number of hydrogen-bond acceptors (Lipinski definition) is 4. The van der Waals surface area contributed by atoms with Crippen LogP contribution in [0.5, 0.6) is 0 Å². The Morgan fingerprint density at radius 3 is 1.86 bits per heavy atom. The van der Waals surface area contributed by atoms with Crippen LogP contribution in [0.25, 0.3) is 0 Å². The average Bonchev–Trinajstić information content (AvgIpc) is 2.44. The first-order chi connectivity index (χ1) is 10.2. The quantitative estimate of drug-likeness (QED) is 0.471. The molecule has 0 heterocycles. The minimum atomic E-state index is -0.822. The van der Waals surface area contributed by atoms with Gasteiger partial charge in [-0.15, -0.1) is 0 Å². The molecule has 0 aromatic carbocycles. The van der Waals surface area contributed by atoms with E-state index in [-0.39, 0.29) is 18.2 Å². The largest absolute Gasteiger partial charge is 0.344 e. The second-order valence-corrected chi connectivity index (χ2v) is 6.44. The molecule has 0 aliphatic carbocycles. The highest BCUT2D eigenvalue weighted by Gasteiger charge is 2.37. The molecule has 130 valence electrons. The molecule has 22 heavy (non-hydrogen) atoms. The summed E-state index contributed by atoms with van der Waals surface area (Å²) in [5.74, 6) is -0.565. The molecule has 2 atom stereocenters. The summed E-state index contributed by atoms with van der Waals surface area (Å²) in [7, 11) is 0. The smallest absolute Gasteiger partial charge is 0.166 e. The molecule has 0 bridgehead atoms. The predicted octanol–water partition coefficient (Wildman–Crippen LogP) is 4.44. The van der Waals surface area contributed by atoms with Gasteiger partial charge < -0.3 is 9.47 Å². The van der Waals surface area contributed by atoms with Gasteiger partial charge in [-0.05, 0) is 20.3 Å². The number of Topliss-reactive ketones (excluding diaryl/α,β-unsaturated/α-hetero) is 2. The van der Waals surface area contributed by atoms with Crippen LogP contribution in [0.3, 0.4) is 0 Å². The third kappa shape index (κ3) is 8.04.